The zero-order chi connectivity index (χ0) is 18.0. The van der Waals surface area contributed by atoms with E-state index in [0.29, 0.717) is 45.2 Å². The fourth-order valence-corrected chi connectivity index (χ4v) is 3.45. The molecule has 0 radical (unpaired) electrons. The Balaban J connectivity index is 1.96. The molecule has 2 aliphatic heterocycles. The zero-order valence-corrected chi connectivity index (χ0v) is 16.1. The number of hydrogen-bond acceptors (Lipinski definition) is 6. The maximum absolute atomic E-state index is 12.6. The molecule has 9 heteroatoms. The molecule has 2 amide bonds. The van der Waals surface area contributed by atoms with Gasteiger partial charge in [-0.15, -0.1) is 0 Å². The fraction of sp³-hybridized carbons (Fsp3) is 0.375. The molecule has 0 aromatic heterocycles. The standard InChI is InChI=1S/C16H17BrN2O5S/c1-8-13(15(20)22-3-4-25-2)14(19-16(21)18-8)9-5-11-12(6-10(9)17)24-7-23-11/h5-6,14H,3-4,7H2,1-2H3,(H2,18,19,21)/t14-/m1/s1. The van der Waals surface area contributed by atoms with E-state index < -0.39 is 12.0 Å². The smallest absolute Gasteiger partial charge is 0.338 e. The van der Waals surface area contributed by atoms with Gasteiger partial charge in [0.1, 0.15) is 6.61 Å². The molecule has 1 aromatic rings. The molecule has 0 bridgehead atoms. The van der Waals surface area contributed by atoms with E-state index in [1.54, 1.807) is 30.8 Å². The van der Waals surface area contributed by atoms with Crippen molar-refractivity contribution in [3.05, 3.63) is 33.4 Å². The first-order chi connectivity index (χ1) is 12.0. The topological polar surface area (TPSA) is 85.9 Å². The number of carbonyl (C=O) groups excluding carboxylic acids is 2. The highest BCUT2D eigenvalue weighted by Crippen LogP contribution is 2.41. The molecule has 7 nitrogen and oxygen atoms in total. The van der Waals surface area contributed by atoms with E-state index in [4.69, 9.17) is 14.2 Å². The molecule has 2 N–H and O–H groups in total. The van der Waals surface area contributed by atoms with E-state index in [2.05, 4.69) is 26.6 Å². The van der Waals surface area contributed by atoms with Crippen LogP contribution >= 0.6 is 27.7 Å². The van der Waals surface area contributed by atoms with Crippen LogP contribution in [0.4, 0.5) is 4.79 Å². The summed E-state index contributed by atoms with van der Waals surface area (Å²) in [5.74, 6) is 1.42. The van der Waals surface area contributed by atoms with Crippen LogP contribution in [0, 0.1) is 0 Å². The van der Waals surface area contributed by atoms with Crippen LogP contribution in [-0.2, 0) is 9.53 Å². The second-order valence-electron chi connectivity index (χ2n) is 5.43. The van der Waals surface area contributed by atoms with Crippen LogP contribution in [-0.4, -0.2) is 37.4 Å². The van der Waals surface area contributed by atoms with Gasteiger partial charge in [0.25, 0.3) is 0 Å². The number of carbonyl (C=O) groups is 2. The lowest BCUT2D eigenvalue weighted by molar-refractivity contribution is -0.138. The second-order valence-corrected chi connectivity index (χ2v) is 7.27. The molecule has 0 spiro atoms. The first-order valence-corrected chi connectivity index (χ1v) is 9.73. The van der Waals surface area contributed by atoms with Crippen LogP contribution in [0.15, 0.2) is 27.9 Å². The number of hydrogen-bond donors (Lipinski definition) is 2. The van der Waals surface area contributed by atoms with Crippen LogP contribution in [0.5, 0.6) is 11.5 Å². The van der Waals surface area contributed by atoms with Gasteiger partial charge in [0.15, 0.2) is 11.5 Å². The maximum atomic E-state index is 12.6. The minimum atomic E-state index is -0.653. The summed E-state index contributed by atoms with van der Waals surface area (Å²) in [6.45, 7) is 2.12. The molecule has 0 saturated heterocycles. The Labute approximate surface area is 157 Å². The monoisotopic (exact) mass is 428 g/mol. The van der Waals surface area contributed by atoms with Gasteiger partial charge >= 0.3 is 12.0 Å². The summed E-state index contributed by atoms with van der Waals surface area (Å²) < 4.78 is 16.8. The number of urea groups is 1. The van der Waals surface area contributed by atoms with Crippen molar-refractivity contribution in [1.29, 1.82) is 0 Å². The highest BCUT2D eigenvalue weighted by atomic mass is 79.9. The highest BCUT2D eigenvalue weighted by Gasteiger charge is 2.34. The number of esters is 1. The summed E-state index contributed by atoms with van der Waals surface area (Å²) in [5, 5.41) is 5.40. The first kappa shape index (κ1) is 17.9. The second kappa shape index (κ2) is 7.57. The SMILES string of the molecule is CSCCOC(=O)C1=C(C)NC(=O)N[C@@H]1c1cc2c(cc1Br)OCO2. The summed E-state index contributed by atoms with van der Waals surface area (Å²) in [7, 11) is 0. The predicted octanol–water partition coefficient (Wildman–Crippen LogP) is 2.71. The number of halogens is 1. The predicted molar refractivity (Wildman–Crippen MR) is 96.7 cm³/mol. The molecule has 2 aliphatic rings. The molecule has 25 heavy (non-hydrogen) atoms. The van der Waals surface area contributed by atoms with E-state index >= 15 is 0 Å². The lowest BCUT2D eigenvalue weighted by Crippen LogP contribution is -2.45. The van der Waals surface area contributed by atoms with Crippen LogP contribution in [0.3, 0.4) is 0 Å². The lowest BCUT2D eigenvalue weighted by Gasteiger charge is -2.28. The Kier molecular flexibility index (Phi) is 5.43. The number of fused-ring (bicyclic) bond motifs is 1. The maximum Gasteiger partial charge on any atom is 0.338 e. The molecule has 0 fully saturated rings. The van der Waals surface area contributed by atoms with Crippen molar-refractivity contribution in [1.82, 2.24) is 10.6 Å². The van der Waals surface area contributed by atoms with E-state index in [-0.39, 0.29) is 12.8 Å². The molecule has 3 rings (SSSR count). The Morgan fingerprint density at radius 3 is 2.84 bits per heavy atom. The largest absolute Gasteiger partial charge is 0.461 e. The van der Waals surface area contributed by atoms with Gasteiger partial charge in [0.2, 0.25) is 6.79 Å². The molecule has 1 aromatic carbocycles. The number of benzene rings is 1. The molecule has 0 aliphatic carbocycles. The molecular formula is C16H17BrN2O5S. The van der Waals surface area contributed by atoms with Gasteiger partial charge < -0.3 is 24.8 Å². The summed E-state index contributed by atoms with van der Waals surface area (Å²) in [4.78, 5) is 24.5. The third kappa shape index (κ3) is 3.72. The number of thioether (sulfide) groups is 1. The van der Waals surface area contributed by atoms with Crippen molar-refractivity contribution in [2.75, 3.05) is 25.4 Å². The molecule has 0 unspecified atom stereocenters. The van der Waals surface area contributed by atoms with Crippen LogP contribution < -0.4 is 20.1 Å². The van der Waals surface area contributed by atoms with E-state index in [0.717, 1.165) is 0 Å². The van der Waals surface area contributed by atoms with Gasteiger partial charge in [-0.1, -0.05) is 15.9 Å². The Bertz CT molecular complexity index is 752. The Morgan fingerprint density at radius 2 is 2.12 bits per heavy atom. The van der Waals surface area contributed by atoms with Gasteiger partial charge in [0.05, 0.1) is 11.6 Å². The molecule has 1 atom stereocenters. The van der Waals surface area contributed by atoms with E-state index in [9.17, 15) is 9.59 Å². The van der Waals surface area contributed by atoms with Gasteiger partial charge in [-0.05, 0) is 30.9 Å². The number of amides is 2. The Hall–Kier alpha value is -1.87. The number of rotatable bonds is 5. The number of allylic oxidation sites excluding steroid dienone is 1. The average Bonchev–Trinajstić information content (AvgIpc) is 3.00. The van der Waals surface area contributed by atoms with Gasteiger partial charge in [-0.2, -0.15) is 11.8 Å². The minimum Gasteiger partial charge on any atom is -0.461 e. The van der Waals surface area contributed by atoms with E-state index in [1.807, 2.05) is 6.26 Å². The first-order valence-electron chi connectivity index (χ1n) is 7.54. The van der Waals surface area contributed by atoms with Crippen molar-refractivity contribution < 1.29 is 23.8 Å². The van der Waals surface area contributed by atoms with Crippen molar-refractivity contribution in [3.63, 3.8) is 0 Å². The summed E-state index contributed by atoms with van der Waals surface area (Å²) in [6, 6.07) is 2.48. The summed E-state index contributed by atoms with van der Waals surface area (Å²) in [6.07, 6.45) is 1.94. The normalized spacial score (nSPS) is 18.7. The van der Waals surface area contributed by atoms with Crippen molar-refractivity contribution >= 4 is 39.7 Å². The number of nitrogens with one attached hydrogen (secondary N) is 2. The Morgan fingerprint density at radius 1 is 1.40 bits per heavy atom. The van der Waals surface area contributed by atoms with Gasteiger partial charge in [0, 0.05) is 15.9 Å². The van der Waals surface area contributed by atoms with Crippen LogP contribution in [0.2, 0.25) is 0 Å². The molecule has 2 heterocycles. The van der Waals surface area contributed by atoms with Crippen molar-refractivity contribution in [3.8, 4) is 11.5 Å². The third-order valence-corrected chi connectivity index (χ3v) is 5.07. The molecule has 0 saturated carbocycles. The summed E-state index contributed by atoms with van der Waals surface area (Å²) in [5.41, 5.74) is 1.52. The van der Waals surface area contributed by atoms with Crippen molar-refractivity contribution in [2.24, 2.45) is 0 Å². The van der Waals surface area contributed by atoms with Gasteiger partial charge in [-0.25, -0.2) is 9.59 Å². The van der Waals surface area contributed by atoms with Crippen LogP contribution in [0.25, 0.3) is 0 Å². The minimum absolute atomic E-state index is 0.141. The van der Waals surface area contributed by atoms with Crippen LogP contribution in [0.1, 0.15) is 18.5 Å². The van der Waals surface area contributed by atoms with Crippen molar-refractivity contribution in [2.45, 2.75) is 13.0 Å². The zero-order valence-electron chi connectivity index (χ0n) is 13.7. The average molecular weight is 429 g/mol. The molecular weight excluding hydrogens is 412 g/mol. The molecule has 134 valence electrons. The van der Waals surface area contributed by atoms with Gasteiger partial charge in [-0.3, -0.25) is 0 Å². The fourth-order valence-electron chi connectivity index (χ4n) is 2.65. The summed E-state index contributed by atoms with van der Waals surface area (Å²) >= 11 is 5.07. The number of ether oxygens (including phenoxy) is 3. The van der Waals surface area contributed by atoms with E-state index in [1.165, 1.54) is 0 Å². The highest BCUT2D eigenvalue weighted by molar-refractivity contribution is 9.10. The third-order valence-electron chi connectivity index (χ3n) is 3.81. The quantitative estimate of drug-likeness (QED) is 0.553. The lowest BCUT2D eigenvalue weighted by atomic mass is 9.95.